The molecule has 1 N–H and O–H groups in total. The number of hydrogen-bond acceptors (Lipinski definition) is 4. The molecule has 25 heavy (non-hydrogen) atoms. The molecule has 7 heteroatoms. The lowest BCUT2D eigenvalue weighted by atomic mass is 10.3. The van der Waals surface area contributed by atoms with E-state index < -0.39 is 23.8 Å². The Hall–Kier alpha value is -2.05. The maximum Gasteiger partial charge on any atom is 0.307 e. The average Bonchev–Trinajstić information content (AvgIpc) is 2.58. The molecule has 0 saturated carbocycles. The van der Waals surface area contributed by atoms with E-state index in [1.807, 2.05) is 30.3 Å². The highest BCUT2D eigenvalue weighted by Crippen LogP contribution is 2.23. The Morgan fingerprint density at radius 3 is 2.64 bits per heavy atom. The van der Waals surface area contributed by atoms with Crippen LogP contribution < -0.4 is 5.32 Å². The van der Waals surface area contributed by atoms with Gasteiger partial charge in [0.25, 0.3) is 5.91 Å². The number of carbonyl (C=O) groups is 2. The summed E-state index contributed by atoms with van der Waals surface area (Å²) in [5.74, 6) is -0.937. The van der Waals surface area contributed by atoms with E-state index in [1.54, 1.807) is 0 Å². The molecule has 2 aromatic carbocycles. The lowest BCUT2D eigenvalue weighted by Crippen LogP contribution is -2.30. The molecular weight excluding hydrogens is 365 g/mol. The molecule has 0 aliphatic carbocycles. The zero-order chi connectivity index (χ0) is 18.2. The molecule has 0 heterocycles. The predicted molar refractivity (Wildman–Crippen MR) is 97.4 cm³/mol. The topological polar surface area (TPSA) is 55.4 Å². The SMILES string of the molecule is CC(OC(=O)CCSc1ccccc1)C(=O)Nc1ccc(F)cc1Cl. The Bertz CT molecular complexity index is 742. The highest BCUT2D eigenvalue weighted by atomic mass is 35.5. The van der Waals surface area contributed by atoms with Crippen molar-refractivity contribution in [1.29, 1.82) is 0 Å². The molecule has 1 amide bonds. The van der Waals surface area contributed by atoms with E-state index in [2.05, 4.69) is 5.32 Å². The Morgan fingerprint density at radius 1 is 1.24 bits per heavy atom. The molecule has 2 aromatic rings. The van der Waals surface area contributed by atoms with Gasteiger partial charge in [-0.2, -0.15) is 0 Å². The van der Waals surface area contributed by atoms with Gasteiger partial charge in [-0.1, -0.05) is 29.8 Å². The molecule has 132 valence electrons. The second kappa shape index (κ2) is 9.44. The number of esters is 1. The first-order valence-corrected chi connectivity index (χ1v) is 8.95. The first-order valence-electron chi connectivity index (χ1n) is 7.59. The molecule has 0 aliphatic heterocycles. The number of ether oxygens (including phenoxy) is 1. The van der Waals surface area contributed by atoms with Gasteiger partial charge in [0.2, 0.25) is 0 Å². The normalized spacial score (nSPS) is 11.6. The van der Waals surface area contributed by atoms with Crippen LogP contribution in [0.1, 0.15) is 13.3 Å². The maximum absolute atomic E-state index is 13.0. The molecule has 0 radical (unpaired) electrons. The van der Waals surface area contributed by atoms with Crippen molar-refractivity contribution in [2.75, 3.05) is 11.1 Å². The zero-order valence-electron chi connectivity index (χ0n) is 13.5. The minimum absolute atomic E-state index is 0.0751. The van der Waals surface area contributed by atoms with Gasteiger partial charge in [-0.25, -0.2) is 4.39 Å². The summed E-state index contributed by atoms with van der Waals surface area (Å²) in [5.41, 5.74) is 0.260. The van der Waals surface area contributed by atoms with Gasteiger partial charge in [0.1, 0.15) is 5.82 Å². The summed E-state index contributed by atoms with van der Waals surface area (Å²) in [6, 6.07) is 13.3. The van der Waals surface area contributed by atoms with Crippen molar-refractivity contribution in [3.05, 3.63) is 59.4 Å². The fourth-order valence-electron chi connectivity index (χ4n) is 1.90. The van der Waals surface area contributed by atoms with Crippen LogP contribution in [0.3, 0.4) is 0 Å². The number of thioether (sulfide) groups is 1. The van der Waals surface area contributed by atoms with Crippen LogP contribution in [-0.2, 0) is 14.3 Å². The quantitative estimate of drug-likeness (QED) is 0.565. The van der Waals surface area contributed by atoms with E-state index in [4.69, 9.17) is 16.3 Å². The minimum atomic E-state index is -0.977. The molecule has 0 aliphatic rings. The number of anilines is 1. The van der Waals surface area contributed by atoms with Crippen LogP contribution in [0.2, 0.25) is 5.02 Å². The van der Waals surface area contributed by atoms with Crippen molar-refractivity contribution >= 4 is 40.9 Å². The Morgan fingerprint density at radius 2 is 1.96 bits per heavy atom. The van der Waals surface area contributed by atoms with Crippen molar-refractivity contribution in [3.63, 3.8) is 0 Å². The molecule has 0 saturated heterocycles. The van der Waals surface area contributed by atoms with Gasteiger partial charge < -0.3 is 10.1 Å². The van der Waals surface area contributed by atoms with E-state index in [0.717, 1.165) is 11.0 Å². The highest BCUT2D eigenvalue weighted by molar-refractivity contribution is 7.99. The third-order valence-electron chi connectivity index (χ3n) is 3.18. The molecule has 0 bridgehead atoms. The van der Waals surface area contributed by atoms with Crippen LogP contribution in [0.15, 0.2) is 53.4 Å². The first kappa shape index (κ1) is 19.3. The third kappa shape index (κ3) is 6.40. The number of nitrogens with one attached hydrogen (secondary N) is 1. The van der Waals surface area contributed by atoms with Crippen molar-refractivity contribution in [2.45, 2.75) is 24.3 Å². The van der Waals surface area contributed by atoms with Crippen LogP contribution in [-0.4, -0.2) is 23.7 Å². The summed E-state index contributed by atoms with van der Waals surface area (Å²) >= 11 is 7.38. The monoisotopic (exact) mass is 381 g/mol. The summed E-state index contributed by atoms with van der Waals surface area (Å²) < 4.78 is 18.1. The largest absolute Gasteiger partial charge is 0.453 e. The lowest BCUT2D eigenvalue weighted by molar-refractivity contribution is -0.152. The zero-order valence-corrected chi connectivity index (χ0v) is 15.1. The number of carbonyl (C=O) groups excluding carboxylic acids is 2. The molecule has 2 rings (SSSR count). The van der Waals surface area contributed by atoms with Gasteiger partial charge in [-0.15, -0.1) is 11.8 Å². The van der Waals surface area contributed by atoms with Crippen molar-refractivity contribution in [3.8, 4) is 0 Å². The summed E-state index contributed by atoms with van der Waals surface area (Å²) in [6.07, 6.45) is -0.788. The average molecular weight is 382 g/mol. The van der Waals surface area contributed by atoms with Crippen LogP contribution in [0, 0.1) is 5.82 Å². The maximum atomic E-state index is 13.0. The van der Waals surface area contributed by atoms with Gasteiger partial charge in [0, 0.05) is 10.6 Å². The molecule has 1 atom stereocenters. The van der Waals surface area contributed by atoms with Crippen LogP contribution in [0.5, 0.6) is 0 Å². The smallest absolute Gasteiger partial charge is 0.307 e. The Labute approximate surface area is 154 Å². The highest BCUT2D eigenvalue weighted by Gasteiger charge is 2.18. The molecule has 0 fully saturated rings. The van der Waals surface area contributed by atoms with Crippen LogP contribution >= 0.6 is 23.4 Å². The van der Waals surface area contributed by atoms with Gasteiger partial charge >= 0.3 is 5.97 Å². The van der Waals surface area contributed by atoms with Crippen molar-refractivity contribution in [2.24, 2.45) is 0 Å². The van der Waals surface area contributed by atoms with Crippen LogP contribution in [0.25, 0.3) is 0 Å². The van der Waals surface area contributed by atoms with E-state index in [-0.39, 0.29) is 17.1 Å². The number of rotatable bonds is 7. The van der Waals surface area contributed by atoms with Gasteiger partial charge in [0.05, 0.1) is 17.1 Å². The number of halogens is 2. The van der Waals surface area contributed by atoms with Crippen LogP contribution in [0.4, 0.5) is 10.1 Å². The standard InChI is InChI=1S/C18H17ClFNO3S/c1-12(18(23)21-16-8-7-13(20)11-15(16)19)24-17(22)9-10-25-14-5-3-2-4-6-14/h2-8,11-12H,9-10H2,1H3,(H,21,23). The minimum Gasteiger partial charge on any atom is -0.453 e. The molecular formula is C18H17ClFNO3S. The second-order valence-electron chi connectivity index (χ2n) is 5.16. The number of amides is 1. The van der Waals surface area contributed by atoms with E-state index in [0.29, 0.717) is 5.75 Å². The van der Waals surface area contributed by atoms with Gasteiger partial charge in [-0.3, -0.25) is 9.59 Å². The van der Waals surface area contributed by atoms with E-state index in [9.17, 15) is 14.0 Å². The summed E-state index contributed by atoms with van der Waals surface area (Å²) in [6.45, 7) is 1.47. The predicted octanol–water partition coefficient (Wildman–Crippen LogP) is 4.53. The van der Waals surface area contributed by atoms with Gasteiger partial charge in [0.15, 0.2) is 6.10 Å². The van der Waals surface area contributed by atoms with Crippen molar-refractivity contribution in [1.82, 2.24) is 0 Å². The fourth-order valence-corrected chi connectivity index (χ4v) is 2.97. The third-order valence-corrected chi connectivity index (χ3v) is 4.51. The Balaban J connectivity index is 1.77. The first-order chi connectivity index (χ1) is 12.0. The lowest BCUT2D eigenvalue weighted by Gasteiger charge is -2.14. The number of hydrogen-bond donors (Lipinski definition) is 1. The summed E-state index contributed by atoms with van der Waals surface area (Å²) in [7, 11) is 0. The summed E-state index contributed by atoms with van der Waals surface area (Å²) in [5, 5.41) is 2.58. The molecule has 0 aromatic heterocycles. The van der Waals surface area contributed by atoms with E-state index >= 15 is 0 Å². The molecule has 4 nitrogen and oxygen atoms in total. The molecule has 1 unspecified atom stereocenters. The second-order valence-corrected chi connectivity index (χ2v) is 6.73. The van der Waals surface area contributed by atoms with Crippen molar-refractivity contribution < 1.29 is 18.7 Å². The number of benzene rings is 2. The fraction of sp³-hybridized carbons (Fsp3) is 0.222. The van der Waals surface area contributed by atoms with E-state index in [1.165, 1.54) is 30.8 Å². The van der Waals surface area contributed by atoms with Gasteiger partial charge in [-0.05, 0) is 37.3 Å². The molecule has 0 spiro atoms. The summed E-state index contributed by atoms with van der Waals surface area (Å²) in [4.78, 5) is 24.9. The Kier molecular flexibility index (Phi) is 7.28.